The molecule has 1 N–H and O–H groups in total. The number of aliphatic imine (C=N–C) groups is 2. The molecule has 2 aromatic rings. The van der Waals surface area contributed by atoms with Crippen molar-refractivity contribution in [3.8, 4) is 0 Å². The highest BCUT2D eigenvalue weighted by Crippen LogP contribution is 2.26. The number of fused-ring (bicyclic) bond motifs is 1. The summed E-state index contributed by atoms with van der Waals surface area (Å²) in [4.78, 5) is 33.3. The highest BCUT2D eigenvalue weighted by atomic mass is 127. The zero-order valence-electron chi connectivity index (χ0n) is 14.6. The van der Waals surface area contributed by atoms with Gasteiger partial charge in [-0.2, -0.15) is 4.99 Å². The van der Waals surface area contributed by atoms with Crippen molar-refractivity contribution >= 4 is 46.0 Å². The number of methoxy groups -OCH3 is 1. The Kier molecular flexibility index (Phi) is 5.50. The van der Waals surface area contributed by atoms with E-state index in [1.54, 1.807) is 36.4 Å². The van der Waals surface area contributed by atoms with Crippen LogP contribution in [0.2, 0.25) is 0 Å². The maximum atomic E-state index is 12.6. The minimum absolute atomic E-state index is 0.0584. The van der Waals surface area contributed by atoms with Gasteiger partial charge in [-0.25, -0.2) is 9.79 Å². The summed E-state index contributed by atoms with van der Waals surface area (Å²) in [5, 5.41) is 9.97. The quantitative estimate of drug-likeness (QED) is 0.318. The van der Waals surface area contributed by atoms with Crippen molar-refractivity contribution in [1.82, 2.24) is 0 Å². The Bertz CT molecular complexity index is 1030. The van der Waals surface area contributed by atoms with E-state index in [0.717, 1.165) is 3.57 Å². The van der Waals surface area contributed by atoms with Crippen LogP contribution < -0.4 is 0 Å². The number of benzene rings is 2. The summed E-state index contributed by atoms with van der Waals surface area (Å²) in [6.07, 6.45) is 0. The summed E-state index contributed by atoms with van der Waals surface area (Å²) in [7, 11) is 1.22. The average molecular weight is 474 g/mol. The van der Waals surface area contributed by atoms with E-state index in [-0.39, 0.29) is 22.9 Å². The van der Waals surface area contributed by atoms with Gasteiger partial charge in [0.1, 0.15) is 11.3 Å². The molecule has 0 aromatic heterocycles. The van der Waals surface area contributed by atoms with Crippen LogP contribution in [0.4, 0.5) is 0 Å². The van der Waals surface area contributed by atoms with Gasteiger partial charge in [0, 0.05) is 14.7 Å². The van der Waals surface area contributed by atoms with E-state index in [2.05, 4.69) is 32.6 Å². The highest BCUT2D eigenvalue weighted by Gasteiger charge is 2.30. The number of esters is 1. The second-order valence-electron chi connectivity index (χ2n) is 5.68. The second kappa shape index (κ2) is 7.83. The molecule has 0 fully saturated rings. The molecule has 27 heavy (non-hydrogen) atoms. The summed E-state index contributed by atoms with van der Waals surface area (Å²) in [5.41, 5.74) is 1.84. The van der Waals surface area contributed by atoms with E-state index in [1.165, 1.54) is 14.0 Å². The lowest BCUT2D eigenvalue weighted by molar-refractivity contribution is -0.135. The molecule has 1 aliphatic rings. The fourth-order valence-corrected chi connectivity index (χ4v) is 3.31. The topological polar surface area (TPSA) is 88.3 Å². The van der Waals surface area contributed by atoms with Crippen LogP contribution in [0.1, 0.15) is 28.4 Å². The van der Waals surface area contributed by atoms with Crippen LogP contribution in [-0.4, -0.2) is 35.6 Å². The molecule has 2 aromatic carbocycles. The average Bonchev–Trinajstić information content (AvgIpc) is 3.00. The maximum Gasteiger partial charge on any atom is 0.343 e. The fourth-order valence-electron chi connectivity index (χ4n) is 2.70. The van der Waals surface area contributed by atoms with Crippen LogP contribution >= 0.6 is 22.6 Å². The molecular formula is C20H15IN2O4. The number of amidine groups is 1. The van der Waals surface area contributed by atoms with Crippen molar-refractivity contribution in [2.75, 3.05) is 7.11 Å². The number of allylic oxidation sites excluding steroid dienone is 1. The Morgan fingerprint density at radius 1 is 1.07 bits per heavy atom. The first-order valence-electron chi connectivity index (χ1n) is 7.98. The summed E-state index contributed by atoms with van der Waals surface area (Å²) in [6, 6.07) is 14.2. The molecular weight excluding hydrogens is 459 g/mol. The number of carbonyl (C=O) groups is 2. The predicted molar refractivity (Wildman–Crippen MR) is 110 cm³/mol. The molecule has 3 rings (SSSR count). The number of hydrogen-bond acceptors (Lipinski definition) is 4. The molecule has 6 nitrogen and oxygen atoms in total. The monoisotopic (exact) mass is 474 g/mol. The molecule has 0 spiro atoms. The standard InChI is InChI=1S/C20H15IN2O4/c1-11(24)16(20(26)27-2)17-12-7-3-4-8-13(12)18(22-17)23-19(25)14-9-5-6-10-15(14)21/h3-10,24H,1-2H3/b16-11+,23-18?. The lowest BCUT2D eigenvalue weighted by atomic mass is 9.99. The molecule has 0 radical (unpaired) electrons. The lowest BCUT2D eigenvalue weighted by Gasteiger charge is -2.07. The van der Waals surface area contributed by atoms with Crippen LogP contribution in [0.5, 0.6) is 0 Å². The third-order valence-corrected chi connectivity index (χ3v) is 4.88. The number of hydrogen-bond donors (Lipinski definition) is 1. The molecule has 1 amide bonds. The van der Waals surface area contributed by atoms with Crippen molar-refractivity contribution in [3.63, 3.8) is 0 Å². The molecule has 7 heteroatoms. The van der Waals surface area contributed by atoms with E-state index < -0.39 is 11.9 Å². The zero-order valence-corrected chi connectivity index (χ0v) is 16.7. The minimum atomic E-state index is -0.714. The third-order valence-electron chi connectivity index (χ3n) is 3.94. The van der Waals surface area contributed by atoms with Gasteiger partial charge in [-0.15, -0.1) is 0 Å². The second-order valence-corrected chi connectivity index (χ2v) is 6.84. The predicted octanol–water partition coefficient (Wildman–Crippen LogP) is 3.69. The number of carbonyl (C=O) groups excluding carboxylic acids is 2. The van der Waals surface area contributed by atoms with E-state index in [0.29, 0.717) is 16.7 Å². The Morgan fingerprint density at radius 2 is 1.70 bits per heavy atom. The number of ether oxygens (including phenoxy) is 1. The van der Waals surface area contributed by atoms with Crippen molar-refractivity contribution in [2.45, 2.75) is 6.92 Å². The SMILES string of the molecule is COC(=O)/C(C1=NC(=NC(=O)c2ccccc2I)c2ccccc21)=C(\C)O. The van der Waals surface area contributed by atoms with Crippen LogP contribution in [0.25, 0.3) is 0 Å². The summed E-state index contributed by atoms with van der Waals surface area (Å²) in [6.45, 7) is 1.38. The summed E-state index contributed by atoms with van der Waals surface area (Å²) in [5.74, 6) is -1.18. The van der Waals surface area contributed by atoms with Crippen molar-refractivity contribution in [2.24, 2.45) is 9.98 Å². The maximum absolute atomic E-state index is 12.6. The molecule has 0 saturated heterocycles. The third kappa shape index (κ3) is 3.68. The van der Waals surface area contributed by atoms with Crippen LogP contribution in [0, 0.1) is 3.57 Å². The number of nitrogens with zero attached hydrogens (tertiary/aromatic N) is 2. The van der Waals surface area contributed by atoms with Gasteiger partial charge < -0.3 is 9.84 Å². The van der Waals surface area contributed by atoms with Gasteiger partial charge in [0.15, 0.2) is 5.84 Å². The number of rotatable bonds is 3. The first-order valence-corrected chi connectivity index (χ1v) is 9.06. The summed E-state index contributed by atoms with van der Waals surface area (Å²) >= 11 is 2.07. The van der Waals surface area contributed by atoms with Gasteiger partial charge in [0.05, 0.1) is 18.4 Å². The van der Waals surface area contributed by atoms with E-state index in [4.69, 9.17) is 4.74 Å². The van der Waals surface area contributed by atoms with Crippen molar-refractivity contribution < 1.29 is 19.4 Å². The van der Waals surface area contributed by atoms with Gasteiger partial charge in [-0.05, 0) is 41.6 Å². The molecule has 0 bridgehead atoms. The molecule has 0 unspecified atom stereocenters. The molecule has 1 aliphatic heterocycles. The van der Waals surface area contributed by atoms with E-state index >= 15 is 0 Å². The molecule has 1 heterocycles. The van der Waals surface area contributed by atoms with Gasteiger partial charge in [-0.1, -0.05) is 36.4 Å². The number of amides is 1. The lowest BCUT2D eigenvalue weighted by Crippen LogP contribution is -2.16. The smallest absolute Gasteiger partial charge is 0.343 e. The van der Waals surface area contributed by atoms with Gasteiger partial charge in [0.2, 0.25) is 0 Å². The van der Waals surface area contributed by atoms with Crippen molar-refractivity contribution in [3.05, 3.63) is 80.1 Å². The Balaban J connectivity index is 2.14. The zero-order chi connectivity index (χ0) is 19.6. The van der Waals surface area contributed by atoms with Crippen LogP contribution in [-0.2, 0) is 9.53 Å². The highest BCUT2D eigenvalue weighted by molar-refractivity contribution is 14.1. The number of aliphatic hydroxyl groups excluding tert-OH is 1. The van der Waals surface area contributed by atoms with E-state index in [9.17, 15) is 14.7 Å². The fraction of sp³-hybridized carbons (Fsp3) is 0.100. The largest absolute Gasteiger partial charge is 0.512 e. The molecule has 0 aliphatic carbocycles. The van der Waals surface area contributed by atoms with Gasteiger partial charge >= 0.3 is 5.97 Å². The van der Waals surface area contributed by atoms with E-state index in [1.807, 2.05) is 12.1 Å². The molecule has 0 atom stereocenters. The number of halogens is 1. The van der Waals surface area contributed by atoms with Gasteiger partial charge in [0.25, 0.3) is 5.91 Å². The number of aliphatic hydroxyl groups is 1. The normalized spacial score (nSPS) is 15.1. The Hall–Kier alpha value is -2.81. The summed E-state index contributed by atoms with van der Waals surface area (Å²) < 4.78 is 5.54. The van der Waals surface area contributed by atoms with Gasteiger partial charge in [-0.3, -0.25) is 4.79 Å². The first-order chi connectivity index (χ1) is 12.9. The molecule has 0 saturated carbocycles. The Labute approximate surface area is 169 Å². The Morgan fingerprint density at radius 3 is 2.33 bits per heavy atom. The van der Waals surface area contributed by atoms with Crippen LogP contribution in [0.15, 0.2) is 69.8 Å². The first kappa shape index (κ1) is 19.0. The van der Waals surface area contributed by atoms with Crippen molar-refractivity contribution in [1.29, 1.82) is 0 Å². The van der Waals surface area contributed by atoms with Crippen LogP contribution in [0.3, 0.4) is 0 Å². The minimum Gasteiger partial charge on any atom is -0.512 e. The molecule has 136 valence electrons.